The molecule has 0 saturated heterocycles. The maximum atomic E-state index is 12.1. The Balaban J connectivity index is 1.91. The summed E-state index contributed by atoms with van der Waals surface area (Å²) in [6.45, 7) is -1.79. The van der Waals surface area contributed by atoms with Crippen molar-refractivity contribution in [3.05, 3.63) is 47.8 Å². The number of anilines is 1. The molecule has 0 aliphatic rings. The summed E-state index contributed by atoms with van der Waals surface area (Å²) < 4.78 is 46.1. The zero-order valence-corrected chi connectivity index (χ0v) is 13.0. The maximum Gasteiger partial charge on any atom is 0.411 e. The predicted octanol–water partition coefficient (Wildman–Crippen LogP) is 2.46. The van der Waals surface area contributed by atoms with E-state index in [4.69, 9.17) is 0 Å². The average Bonchev–Trinajstić information content (AvgIpc) is 3.00. The number of hydrogen-bond donors (Lipinski definition) is 1. The molecule has 1 aromatic heterocycles. The Morgan fingerprint density at radius 3 is 2.44 bits per heavy atom. The highest BCUT2D eigenvalue weighted by Crippen LogP contribution is 2.15. The second-order valence-electron chi connectivity index (χ2n) is 4.88. The Bertz CT molecular complexity index is 741. The number of benzene rings is 1. The number of rotatable bonds is 6. The van der Waals surface area contributed by atoms with Gasteiger partial charge in [0.15, 0.2) is 0 Å². The molecule has 0 bridgehead atoms. The van der Waals surface area contributed by atoms with Crippen molar-refractivity contribution in [2.45, 2.75) is 12.9 Å². The summed E-state index contributed by atoms with van der Waals surface area (Å²) in [6, 6.07) is 5.77. The van der Waals surface area contributed by atoms with Gasteiger partial charge in [0.1, 0.15) is 13.3 Å². The predicted molar refractivity (Wildman–Crippen MR) is 80.0 cm³/mol. The second kappa shape index (κ2) is 7.79. The third-order valence-electron chi connectivity index (χ3n) is 2.95. The van der Waals surface area contributed by atoms with E-state index in [-0.39, 0.29) is 11.3 Å². The average molecular weight is 357 g/mol. The lowest BCUT2D eigenvalue weighted by molar-refractivity contribution is -0.182. The van der Waals surface area contributed by atoms with Crippen LogP contribution in [0.4, 0.5) is 18.9 Å². The highest BCUT2D eigenvalue weighted by atomic mass is 19.4. The van der Waals surface area contributed by atoms with Gasteiger partial charge in [-0.3, -0.25) is 4.79 Å². The molecule has 0 unspecified atom stereocenters. The minimum atomic E-state index is -4.42. The van der Waals surface area contributed by atoms with Gasteiger partial charge in [0, 0.05) is 5.56 Å². The molecule has 0 spiro atoms. The van der Waals surface area contributed by atoms with Gasteiger partial charge in [0.25, 0.3) is 5.91 Å². The first kappa shape index (κ1) is 18.5. The van der Waals surface area contributed by atoms with Crippen LogP contribution in [0.15, 0.2) is 36.7 Å². The van der Waals surface area contributed by atoms with Gasteiger partial charge >= 0.3 is 12.1 Å². The van der Waals surface area contributed by atoms with Crippen molar-refractivity contribution in [3.63, 3.8) is 0 Å². The minimum absolute atomic E-state index is 0.286. The number of esters is 1. The molecule has 134 valence electrons. The van der Waals surface area contributed by atoms with Crippen LogP contribution in [0.5, 0.6) is 0 Å². The quantitative estimate of drug-likeness (QED) is 0.803. The van der Waals surface area contributed by atoms with Crippen LogP contribution in [0.2, 0.25) is 0 Å². The summed E-state index contributed by atoms with van der Waals surface area (Å²) in [7, 11) is 1.25. The van der Waals surface area contributed by atoms with Gasteiger partial charge in [0.05, 0.1) is 30.8 Å². The Labute approximate surface area is 140 Å². The summed E-state index contributed by atoms with van der Waals surface area (Å²) in [5.74, 6) is -0.987. The molecule has 0 aliphatic heterocycles. The zero-order valence-electron chi connectivity index (χ0n) is 13.0. The molecule has 2 rings (SSSR count). The van der Waals surface area contributed by atoms with Crippen molar-refractivity contribution >= 4 is 17.6 Å². The summed E-state index contributed by atoms with van der Waals surface area (Å²) in [4.78, 5) is 23.4. The van der Waals surface area contributed by atoms with Crippen molar-refractivity contribution in [2.24, 2.45) is 0 Å². The molecule has 1 amide bonds. The second-order valence-corrected chi connectivity index (χ2v) is 4.88. The summed E-state index contributed by atoms with van der Waals surface area (Å²) >= 11 is 0. The lowest BCUT2D eigenvalue weighted by Crippen LogP contribution is -2.18. The molecule has 1 N–H and O–H groups in total. The van der Waals surface area contributed by atoms with Gasteiger partial charge in [-0.15, -0.1) is 0 Å². The van der Waals surface area contributed by atoms with Crippen LogP contribution in [-0.4, -0.2) is 41.5 Å². The fourth-order valence-corrected chi connectivity index (χ4v) is 1.83. The largest absolute Gasteiger partial charge is 0.465 e. The molecule has 0 atom stereocenters. The number of nitrogens with zero attached hydrogens (tertiary/aromatic N) is 2. The topological polar surface area (TPSA) is 82.5 Å². The summed E-state index contributed by atoms with van der Waals surface area (Å²) in [6.07, 6.45) is -1.81. The molecule has 1 aromatic carbocycles. The third kappa shape index (κ3) is 5.60. The molecule has 7 nitrogen and oxygen atoms in total. The number of alkyl halides is 3. The van der Waals surface area contributed by atoms with Crippen LogP contribution >= 0.6 is 0 Å². The van der Waals surface area contributed by atoms with E-state index >= 15 is 0 Å². The van der Waals surface area contributed by atoms with Gasteiger partial charge < -0.3 is 14.8 Å². The van der Waals surface area contributed by atoms with E-state index in [1.54, 1.807) is 0 Å². The monoisotopic (exact) mass is 357 g/mol. The van der Waals surface area contributed by atoms with Crippen LogP contribution in [0.25, 0.3) is 0 Å². The molecule has 0 fully saturated rings. The third-order valence-corrected chi connectivity index (χ3v) is 2.95. The van der Waals surface area contributed by atoms with E-state index in [1.165, 1.54) is 43.8 Å². The normalized spacial score (nSPS) is 11.2. The minimum Gasteiger partial charge on any atom is -0.465 e. The number of carbonyl (C=O) groups is 2. The molecule has 1 heterocycles. The number of methoxy groups -OCH3 is 1. The van der Waals surface area contributed by atoms with Gasteiger partial charge in [-0.25, -0.2) is 9.48 Å². The Morgan fingerprint density at radius 1 is 1.20 bits per heavy atom. The van der Waals surface area contributed by atoms with E-state index in [2.05, 4.69) is 19.9 Å². The SMILES string of the molecule is COC(=O)c1ccc(C(=O)Nc2cnn(COCC(F)(F)F)c2)cc1. The molecular formula is C15H14F3N3O4. The van der Waals surface area contributed by atoms with Crippen molar-refractivity contribution in [3.8, 4) is 0 Å². The van der Waals surface area contributed by atoms with Crippen molar-refractivity contribution < 1.29 is 32.2 Å². The molecule has 0 saturated carbocycles. The highest BCUT2D eigenvalue weighted by Gasteiger charge is 2.27. The van der Waals surface area contributed by atoms with Crippen LogP contribution < -0.4 is 5.32 Å². The number of halogens is 3. The van der Waals surface area contributed by atoms with Crippen molar-refractivity contribution in [2.75, 3.05) is 19.0 Å². The number of carbonyl (C=O) groups excluding carboxylic acids is 2. The first-order valence-corrected chi connectivity index (χ1v) is 6.95. The van der Waals surface area contributed by atoms with Gasteiger partial charge in [0.2, 0.25) is 0 Å². The van der Waals surface area contributed by atoms with E-state index in [0.717, 1.165) is 4.68 Å². The highest BCUT2D eigenvalue weighted by molar-refractivity contribution is 6.04. The van der Waals surface area contributed by atoms with Crippen LogP contribution in [0, 0.1) is 0 Å². The molecular weight excluding hydrogens is 343 g/mol. The molecule has 10 heteroatoms. The van der Waals surface area contributed by atoms with Gasteiger partial charge in [-0.05, 0) is 24.3 Å². The summed E-state index contributed by atoms with van der Waals surface area (Å²) in [5, 5.41) is 6.31. The number of hydrogen-bond acceptors (Lipinski definition) is 5. The van der Waals surface area contributed by atoms with Crippen LogP contribution in [-0.2, 0) is 16.2 Å². The van der Waals surface area contributed by atoms with E-state index in [1.807, 2.05) is 0 Å². The standard InChI is InChI=1S/C15H14F3N3O4/c1-24-14(23)11-4-2-10(3-5-11)13(22)20-12-6-19-21(7-12)9-25-8-15(16,17)18/h2-7H,8-9H2,1H3,(H,20,22). The molecule has 0 radical (unpaired) electrons. The van der Waals surface area contributed by atoms with Crippen molar-refractivity contribution in [1.29, 1.82) is 0 Å². The number of aromatic nitrogens is 2. The van der Waals surface area contributed by atoms with Crippen LogP contribution in [0.1, 0.15) is 20.7 Å². The van der Waals surface area contributed by atoms with Crippen LogP contribution in [0.3, 0.4) is 0 Å². The van der Waals surface area contributed by atoms with Gasteiger partial charge in [-0.2, -0.15) is 18.3 Å². The Morgan fingerprint density at radius 2 is 1.84 bits per heavy atom. The number of amides is 1. The maximum absolute atomic E-state index is 12.1. The fraction of sp³-hybridized carbons (Fsp3) is 0.267. The Kier molecular flexibility index (Phi) is 5.75. The van der Waals surface area contributed by atoms with Gasteiger partial charge in [-0.1, -0.05) is 0 Å². The summed E-state index contributed by atoms with van der Waals surface area (Å²) in [5.41, 5.74) is 0.875. The van der Waals surface area contributed by atoms with Crippen molar-refractivity contribution in [1.82, 2.24) is 9.78 Å². The smallest absolute Gasteiger partial charge is 0.411 e. The fourth-order valence-electron chi connectivity index (χ4n) is 1.83. The van der Waals surface area contributed by atoms with E-state index in [0.29, 0.717) is 5.56 Å². The molecule has 25 heavy (non-hydrogen) atoms. The first-order valence-electron chi connectivity index (χ1n) is 6.95. The number of nitrogens with one attached hydrogen (secondary N) is 1. The lowest BCUT2D eigenvalue weighted by atomic mass is 10.1. The van der Waals surface area contributed by atoms with E-state index < -0.39 is 31.4 Å². The first-order chi connectivity index (χ1) is 11.8. The molecule has 0 aliphatic carbocycles. The zero-order chi connectivity index (χ0) is 18.4. The number of ether oxygens (including phenoxy) is 2. The van der Waals surface area contributed by atoms with E-state index in [9.17, 15) is 22.8 Å². The molecule has 2 aromatic rings. The Hall–Kier alpha value is -2.88. The lowest BCUT2D eigenvalue weighted by Gasteiger charge is -2.07.